The first-order chi connectivity index (χ1) is 7.31. The lowest BCUT2D eigenvalue weighted by Crippen LogP contribution is -2.05. The zero-order chi connectivity index (χ0) is 10.7. The molecule has 0 radical (unpaired) electrons. The lowest BCUT2D eigenvalue weighted by atomic mass is 10.3. The average molecular weight is 204 g/mol. The molecule has 0 spiro atoms. The molecule has 0 saturated heterocycles. The molecule has 0 N–H and O–H groups in total. The molecule has 0 bridgehead atoms. The Kier molecular flexibility index (Phi) is 2.45. The molecule has 2 aromatic heterocycles. The molecule has 5 heteroatoms. The van der Waals surface area contributed by atoms with Gasteiger partial charge in [0.25, 0.3) is 0 Å². The minimum Gasteiger partial charge on any atom is -0.464 e. The van der Waals surface area contributed by atoms with Crippen LogP contribution in [0.25, 0.3) is 11.6 Å². The highest BCUT2D eigenvalue weighted by molar-refractivity contribution is 5.87. The van der Waals surface area contributed by atoms with Crippen LogP contribution in [-0.4, -0.2) is 23.0 Å². The van der Waals surface area contributed by atoms with Gasteiger partial charge in [0.15, 0.2) is 17.3 Å². The number of carbonyl (C=O) groups is 1. The Morgan fingerprint density at radius 1 is 1.47 bits per heavy atom. The second-order valence-electron chi connectivity index (χ2n) is 2.73. The molecule has 0 amide bonds. The number of furan rings is 1. The van der Waals surface area contributed by atoms with Gasteiger partial charge in [-0.15, -0.1) is 0 Å². The minimum atomic E-state index is -0.495. The molecule has 15 heavy (non-hydrogen) atoms. The van der Waals surface area contributed by atoms with Crippen molar-refractivity contribution in [3.05, 3.63) is 36.4 Å². The fourth-order valence-corrected chi connectivity index (χ4v) is 1.10. The molecule has 0 aliphatic carbocycles. The van der Waals surface area contributed by atoms with Crippen molar-refractivity contribution in [2.75, 3.05) is 7.11 Å². The summed E-state index contributed by atoms with van der Waals surface area (Å²) in [7, 11) is 1.30. The summed E-state index contributed by atoms with van der Waals surface area (Å²) in [6.07, 6.45) is 3.00. The van der Waals surface area contributed by atoms with Crippen LogP contribution in [0, 0.1) is 0 Å². The summed E-state index contributed by atoms with van der Waals surface area (Å²) in [5.41, 5.74) is 0.207. The predicted octanol–water partition coefficient (Wildman–Crippen LogP) is 1.52. The molecule has 0 aromatic carbocycles. The van der Waals surface area contributed by atoms with Crippen LogP contribution in [-0.2, 0) is 4.74 Å². The summed E-state index contributed by atoms with van der Waals surface area (Å²) in [5.74, 6) is 0.383. The Hall–Kier alpha value is -2.17. The third-order valence-electron chi connectivity index (χ3n) is 1.79. The largest absolute Gasteiger partial charge is 0.464 e. The number of aromatic nitrogens is 2. The molecule has 0 atom stereocenters. The van der Waals surface area contributed by atoms with Gasteiger partial charge in [0.1, 0.15) is 0 Å². The highest BCUT2D eigenvalue weighted by Gasteiger charge is 2.10. The van der Waals surface area contributed by atoms with Crippen molar-refractivity contribution in [3.63, 3.8) is 0 Å². The van der Waals surface area contributed by atoms with Crippen molar-refractivity contribution in [1.82, 2.24) is 9.97 Å². The summed E-state index contributed by atoms with van der Waals surface area (Å²) < 4.78 is 9.66. The van der Waals surface area contributed by atoms with Gasteiger partial charge in [0.05, 0.1) is 13.4 Å². The van der Waals surface area contributed by atoms with Gasteiger partial charge in [-0.1, -0.05) is 0 Å². The van der Waals surface area contributed by atoms with E-state index in [1.165, 1.54) is 25.6 Å². The lowest BCUT2D eigenvalue weighted by Gasteiger charge is -1.99. The van der Waals surface area contributed by atoms with Crippen molar-refractivity contribution < 1.29 is 13.9 Å². The molecule has 2 aromatic rings. The lowest BCUT2D eigenvalue weighted by molar-refractivity contribution is 0.0594. The topological polar surface area (TPSA) is 65.2 Å². The van der Waals surface area contributed by atoms with Gasteiger partial charge >= 0.3 is 5.97 Å². The SMILES string of the molecule is COC(=O)c1ccnc(-c2ccco2)n1. The van der Waals surface area contributed by atoms with Crippen molar-refractivity contribution in [2.24, 2.45) is 0 Å². The van der Waals surface area contributed by atoms with Crippen molar-refractivity contribution in [3.8, 4) is 11.6 Å². The number of hydrogen-bond acceptors (Lipinski definition) is 5. The first kappa shape index (κ1) is 9.39. The van der Waals surface area contributed by atoms with E-state index in [0.29, 0.717) is 11.6 Å². The summed E-state index contributed by atoms with van der Waals surface area (Å²) in [6, 6.07) is 4.93. The number of hydrogen-bond donors (Lipinski definition) is 0. The van der Waals surface area contributed by atoms with E-state index in [2.05, 4.69) is 14.7 Å². The molecule has 2 heterocycles. The van der Waals surface area contributed by atoms with Crippen LogP contribution in [0.3, 0.4) is 0 Å². The van der Waals surface area contributed by atoms with Gasteiger partial charge in [-0.25, -0.2) is 14.8 Å². The van der Waals surface area contributed by atoms with Gasteiger partial charge < -0.3 is 9.15 Å². The van der Waals surface area contributed by atoms with E-state index in [0.717, 1.165) is 0 Å². The third-order valence-corrected chi connectivity index (χ3v) is 1.79. The zero-order valence-electron chi connectivity index (χ0n) is 8.01. The van der Waals surface area contributed by atoms with Gasteiger partial charge in [0, 0.05) is 6.20 Å². The van der Waals surface area contributed by atoms with E-state index in [-0.39, 0.29) is 5.69 Å². The first-order valence-electron chi connectivity index (χ1n) is 4.26. The van der Waals surface area contributed by atoms with E-state index in [1.807, 2.05) is 0 Å². The second kappa shape index (κ2) is 3.91. The van der Waals surface area contributed by atoms with Crippen molar-refractivity contribution >= 4 is 5.97 Å². The van der Waals surface area contributed by atoms with Crippen LogP contribution in [0.15, 0.2) is 35.1 Å². The monoisotopic (exact) mass is 204 g/mol. The van der Waals surface area contributed by atoms with Gasteiger partial charge in [-0.2, -0.15) is 0 Å². The molecule has 0 aliphatic heterocycles. The zero-order valence-corrected chi connectivity index (χ0v) is 8.01. The predicted molar refractivity (Wildman–Crippen MR) is 51.1 cm³/mol. The van der Waals surface area contributed by atoms with Crippen LogP contribution in [0.4, 0.5) is 0 Å². The number of methoxy groups -OCH3 is 1. The highest BCUT2D eigenvalue weighted by Crippen LogP contribution is 2.14. The molecular formula is C10H8N2O3. The number of rotatable bonds is 2. The fraction of sp³-hybridized carbons (Fsp3) is 0.100. The maximum absolute atomic E-state index is 11.2. The molecule has 76 valence electrons. The molecule has 2 rings (SSSR count). The summed E-state index contributed by atoms with van der Waals surface area (Å²) >= 11 is 0. The fourth-order valence-electron chi connectivity index (χ4n) is 1.10. The third kappa shape index (κ3) is 1.85. The Morgan fingerprint density at radius 2 is 2.33 bits per heavy atom. The van der Waals surface area contributed by atoms with E-state index >= 15 is 0 Å². The number of carbonyl (C=O) groups excluding carboxylic acids is 1. The van der Waals surface area contributed by atoms with Crippen LogP contribution in [0.5, 0.6) is 0 Å². The molecular weight excluding hydrogens is 196 g/mol. The summed E-state index contributed by atoms with van der Waals surface area (Å²) in [5, 5.41) is 0. The molecule has 0 unspecified atom stereocenters. The van der Waals surface area contributed by atoms with Crippen LogP contribution in [0.2, 0.25) is 0 Å². The normalized spacial score (nSPS) is 9.93. The maximum atomic E-state index is 11.2. The molecule has 0 saturated carbocycles. The quantitative estimate of drug-likeness (QED) is 0.694. The van der Waals surface area contributed by atoms with E-state index < -0.39 is 5.97 Å². The van der Waals surface area contributed by atoms with Crippen LogP contribution < -0.4 is 0 Å². The standard InChI is InChI=1S/C10H8N2O3/c1-14-10(13)7-4-5-11-9(12-7)8-3-2-6-15-8/h2-6H,1H3. The van der Waals surface area contributed by atoms with Gasteiger partial charge in [-0.05, 0) is 18.2 Å². The summed E-state index contributed by atoms with van der Waals surface area (Å²) in [4.78, 5) is 19.2. The molecule has 0 fully saturated rings. The Bertz CT molecular complexity index is 465. The second-order valence-corrected chi connectivity index (χ2v) is 2.73. The number of esters is 1. The van der Waals surface area contributed by atoms with E-state index in [1.54, 1.807) is 12.1 Å². The summed E-state index contributed by atoms with van der Waals surface area (Å²) in [6.45, 7) is 0. The first-order valence-corrected chi connectivity index (χ1v) is 4.26. The van der Waals surface area contributed by atoms with Crippen LogP contribution >= 0.6 is 0 Å². The van der Waals surface area contributed by atoms with Gasteiger partial charge in [0.2, 0.25) is 0 Å². The molecule has 0 aliphatic rings. The van der Waals surface area contributed by atoms with Gasteiger partial charge in [-0.3, -0.25) is 0 Å². The van der Waals surface area contributed by atoms with Crippen molar-refractivity contribution in [2.45, 2.75) is 0 Å². The smallest absolute Gasteiger partial charge is 0.356 e. The Balaban J connectivity index is 2.39. The van der Waals surface area contributed by atoms with E-state index in [4.69, 9.17) is 4.42 Å². The molecule has 5 nitrogen and oxygen atoms in total. The number of ether oxygens (including phenoxy) is 1. The average Bonchev–Trinajstić information content (AvgIpc) is 2.82. The highest BCUT2D eigenvalue weighted by atomic mass is 16.5. The van der Waals surface area contributed by atoms with Crippen molar-refractivity contribution in [1.29, 1.82) is 0 Å². The number of nitrogens with zero attached hydrogens (tertiary/aromatic N) is 2. The van der Waals surface area contributed by atoms with Crippen LogP contribution in [0.1, 0.15) is 10.5 Å². The van der Waals surface area contributed by atoms with E-state index in [9.17, 15) is 4.79 Å². The minimum absolute atomic E-state index is 0.207. The maximum Gasteiger partial charge on any atom is 0.356 e. The Labute approximate surface area is 85.7 Å². The Morgan fingerprint density at radius 3 is 3.00 bits per heavy atom.